The SMILES string of the molecule is C[NH+](Cc1ccccc1)Cc1cn(C[C@H]2C[C@H]3CC[NH+]2C[C@@H]3C(=O)NCc2ccc3c(c2)OCO3)nn1. The number of hydrogen-bond donors (Lipinski definition) is 3. The zero-order valence-corrected chi connectivity index (χ0v) is 21.4. The number of benzene rings is 2. The maximum atomic E-state index is 13.1. The third kappa shape index (κ3) is 5.47. The van der Waals surface area contributed by atoms with Crippen molar-refractivity contribution in [3.8, 4) is 11.5 Å². The minimum absolute atomic E-state index is 0.0792. The van der Waals surface area contributed by atoms with E-state index in [1.54, 1.807) is 0 Å². The van der Waals surface area contributed by atoms with Gasteiger partial charge in [-0.05, 0) is 23.6 Å². The van der Waals surface area contributed by atoms with Crippen LogP contribution in [-0.2, 0) is 31.0 Å². The molecule has 4 aliphatic rings. The van der Waals surface area contributed by atoms with E-state index in [1.807, 2.05) is 22.9 Å². The molecule has 3 saturated heterocycles. The first-order chi connectivity index (χ1) is 18.1. The quantitative estimate of drug-likeness (QED) is 0.377. The van der Waals surface area contributed by atoms with Crippen LogP contribution < -0.4 is 24.6 Å². The number of quaternary nitrogens is 2. The molecule has 4 aliphatic heterocycles. The van der Waals surface area contributed by atoms with E-state index < -0.39 is 0 Å². The van der Waals surface area contributed by atoms with Crippen molar-refractivity contribution in [1.82, 2.24) is 20.3 Å². The second-order valence-electron chi connectivity index (χ2n) is 10.8. The molecule has 3 aromatic rings. The zero-order valence-electron chi connectivity index (χ0n) is 21.4. The van der Waals surface area contributed by atoms with E-state index in [0.717, 1.165) is 68.3 Å². The Bertz CT molecular complexity index is 1230. The zero-order chi connectivity index (χ0) is 25.2. The highest BCUT2D eigenvalue weighted by molar-refractivity contribution is 5.79. The van der Waals surface area contributed by atoms with E-state index in [4.69, 9.17) is 9.47 Å². The van der Waals surface area contributed by atoms with E-state index in [9.17, 15) is 4.79 Å². The Morgan fingerprint density at radius 2 is 2.00 bits per heavy atom. The number of fused-ring (bicyclic) bond motifs is 4. The molecule has 9 heteroatoms. The summed E-state index contributed by atoms with van der Waals surface area (Å²) in [6.07, 6.45) is 4.28. The van der Waals surface area contributed by atoms with Crippen LogP contribution in [0, 0.1) is 11.8 Å². The number of carbonyl (C=O) groups is 1. The van der Waals surface area contributed by atoms with Crippen molar-refractivity contribution < 1.29 is 24.1 Å². The Labute approximate surface area is 217 Å². The van der Waals surface area contributed by atoms with Gasteiger partial charge in [0.05, 0.1) is 38.8 Å². The molecule has 0 saturated carbocycles. The number of rotatable bonds is 9. The lowest BCUT2D eigenvalue weighted by molar-refractivity contribution is -0.945. The van der Waals surface area contributed by atoms with Crippen LogP contribution in [0.5, 0.6) is 11.5 Å². The van der Waals surface area contributed by atoms with Crippen LogP contribution in [0.15, 0.2) is 54.7 Å². The molecule has 2 aromatic carbocycles. The number of nitrogens with one attached hydrogen (secondary N) is 3. The van der Waals surface area contributed by atoms with E-state index in [-0.39, 0.29) is 18.6 Å². The van der Waals surface area contributed by atoms with Crippen LogP contribution >= 0.6 is 0 Å². The molecule has 5 atom stereocenters. The number of nitrogens with zero attached hydrogens (tertiary/aromatic N) is 3. The van der Waals surface area contributed by atoms with E-state index in [2.05, 4.69) is 59.2 Å². The predicted octanol–water partition coefficient (Wildman–Crippen LogP) is -0.169. The van der Waals surface area contributed by atoms with Crippen LogP contribution in [0.1, 0.15) is 29.7 Å². The summed E-state index contributed by atoms with van der Waals surface area (Å²) in [4.78, 5) is 16.0. The van der Waals surface area contributed by atoms with E-state index in [0.29, 0.717) is 18.5 Å². The highest BCUT2D eigenvalue weighted by Gasteiger charge is 2.46. The van der Waals surface area contributed by atoms with Gasteiger partial charge in [0.25, 0.3) is 0 Å². The van der Waals surface area contributed by atoms with E-state index >= 15 is 0 Å². The molecule has 2 bridgehead atoms. The van der Waals surface area contributed by atoms with Crippen LogP contribution in [0.3, 0.4) is 0 Å². The molecule has 3 fully saturated rings. The normalized spacial score (nSPS) is 24.7. The minimum atomic E-state index is 0.0792. The molecular weight excluding hydrogens is 468 g/mol. The molecule has 194 valence electrons. The second kappa shape index (κ2) is 10.5. The first-order valence-corrected chi connectivity index (χ1v) is 13.4. The summed E-state index contributed by atoms with van der Waals surface area (Å²) >= 11 is 0. The average molecular weight is 505 g/mol. The molecule has 0 radical (unpaired) electrons. The lowest BCUT2D eigenvalue weighted by Crippen LogP contribution is -3.20. The van der Waals surface area contributed by atoms with Gasteiger partial charge in [-0.3, -0.25) is 4.79 Å². The monoisotopic (exact) mass is 504 g/mol. The lowest BCUT2D eigenvalue weighted by Gasteiger charge is -2.46. The van der Waals surface area contributed by atoms with Crippen molar-refractivity contribution in [2.24, 2.45) is 11.8 Å². The first-order valence-electron chi connectivity index (χ1n) is 13.4. The molecule has 37 heavy (non-hydrogen) atoms. The van der Waals surface area contributed by atoms with Crippen molar-refractivity contribution >= 4 is 5.91 Å². The number of hydrogen-bond acceptors (Lipinski definition) is 5. The van der Waals surface area contributed by atoms with Crippen molar-refractivity contribution in [3.05, 3.63) is 71.5 Å². The van der Waals surface area contributed by atoms with Gasteiger partial charge in [-0.15, -0.1) is 5.10 Å². The van der Waals surface area contributed by atoms with Crippen LogP contribution in [0.2, 0.25) is 0 Å². The summed E-state index contributed by atoms with van der Waals surface area (Å²) in [5.41, 5.74) is 3.39. The van der Waals surface area contributed by atoms with Crippen molar-refractivity contribution in [1.29, 1.82) is 0 Å². The number of ether oxygens (including phenoxy) is 2. The Balaban J connectivity index is 0.993. The molecule has 0 spiro atoms. The number of carbonyl (C=O) groups excluding carboxylic acids is 1. The smallest absolute Gasteiger partial charge is 0.231 e. The Kier molecular flexibility index (Phi) is 6.80. The van der Waals surface area contributed by atoms with Gasteiger partial charge < -0.3 is 24.6 Å². The maximum Gasteiger partial charge on any atom is 0.231 e. The first kappa shape index (κ1) is 23.9. The predicted molar refractivity (Wildman–Crippen MR) is 136 cm³/mol. The summed E-state index contributed by atoms with van der Waals surface area (Å²) in [6.45, 7) is 5.48. The van der Waals surface area contributed by atoms with Crippen LogP contribution in [0.25, 0.3) is 0 Å². The Hall–Kier alpha value is -3.43. The Morgan fingerprint density at radius 3 is 2.84 bits per heavy atom. The van der Waals surface area contributed by atoms with Crippen LogP contribution in [0.4, 0.5) is 0 Å². The third-order valence-electron chi connectivity index (χ3n) is 8.12. The van der Waals surface area contributed by atoms with Crippen molar-refractivity contribution in [2.75, 3.05) is 26.9 Å². The largest absolute Gasteiger partial charge is 0.454 e. The summed E-state index contributed by atoms with van der Waals surface area (Å²) in [5.74, 6) is 2.20. The number of piperidine rings is 3. The van der Waals surface area contributed by atoms with Gasteiger partial charge in [-0.25, -0.2) is 4.68 Å². The van der Waals surface area contributed by atoms with Crippen LogP contribution in [-0.4, -0.2) is 53.9 Å². The fraction of sp³-hybridized carbons (Fsp3) is 0.464. The topological polar surface area (TPSA) is 87.2 Å². The molecule has 0 aliphatic carbocycles. The highest BCUT2D eigenvalue weighted by atomic mass is 16.7. The summed E-state index contributed by atoms with van der Waals surface area (Å²) in [7, 11) is 2.19. The van der Waals surface area contributed by atoms with Gasteiger partial charge >= 0.3 is 0 Å². The average Bonchev–Trinajstić information content (AvgIpc) is 3.57. The fourth-order valence-corrected chi connectivity index (χ4v) is 6.24. The van der Waals surface area contributed by atoms with Gasteiger partial charge in [-0.2, -0.15) is 0 Å². The van der Waals surface area contributed by atoms with Gasteiger partial charge in [0.15, 0.2) is 11.5 Å². The molecule has 5 heterocycles. The Morgan fingerprint density at radius 1 is 1.14 bits per heavy atom. The van der Waals surface area contributed by atoms with Crippen molar-refractivity contribution in [2.45, 2.75) is 45.1 Å². The lowest BCUT2D eigenvalue weighted by atomic mass is 9.75. The van der Waals surface area contributed by atoms with Gasteiger partial charge in [-0.1, -0.05) is 41.6 Å². The fourth-order valence-electron chi connectivity index (χ4n) is 6.24. The maximum absolute atomic E-state index is 13.1. The molecular formula is C28H36N6O3+2. The standard InChI is InChI=1S/C28H34N6O3/c1-32(14-20-5-3-2-4-6-20)15-23-16-34(31-30-23)17-24-12-22-9-10-33(24)18-25(22)28(35)29-13-21-7-8-26-27(11-21)37-19-36-26/h2-8,11,16,22,24-25H,9-10,12-15,17-19H2,1H3,(H,29,35)/p+2/t22-,24-,25+/m1/s1. The highest BCUT2D eigenvalue weighted by Crippen LogP contribution is 2.32. The molecule has 2 unspecified atom stereocenters. The summed E-state index contributed by atoms with van der Waals surface area (Å²) < 4.78 is 12.8. The van der Waals surface area contributed by atoms with Gasteiger partial charge in [0.2, 0.25) is 12.7 Å². The second-order valence-corrected chi connectivity index (χ2v) is 10.8. The molecule has 1 amide bonds. The van der Waals surface area contributed by atoms with Gasteiger partial charge in [0, 0.05) is 24.9 Å². The molecule has 7 rings (SSSR count). The molecule has 1 aromatic heterocycles. The molecule has 9 nitrogen and oxygen atoms in total. The van der Waals surface area contributed by atoms with Crippen molar-refractivity contribution in [3.63, 3.8) is 0 Å². The number of aromatic nitrogens is 3. The minimum Gasteiger partial charge on any atom is -0.454 e. The van der Waals surface area contributed by atoms with Gasteiger partial charge in [0.1, 0.15) is 24.8 Å². The third-order valence-corrected chi connectivity index (χ3v) is 8.12. The summed E-state index contributed by atoms with van der Waals surface area (Å²) in [5, 5.41) is 12.1. The van der Waals surface area contributed by atoms with E-state index in [1.165, 1.54) is 15.4 Å². The molecule has 3 N–H and O–H groups in total. The summed E-state index contributed by atoms with van der Waals surface area (Å²) in [6, 6.07) is 16.9. The number of amides is 1.